The van der Waals surface area contributed by atoms with Gasteiger partial charge in [-0.25, -0.2) is 0 Å². The molecule has 0 aromatic rings. The van der Waals surface area contributed by atoms with E-state index in [4.69, 9.17) is 0 Å². The molecule has 0 spiro atoms. The van der Waals surface area contributed by atoms with Crippen molar-refractivity contribution in [2.45, 2.75) is 50.4 Å². The second-order valence-corrected chi connectivity index (χ2v) is 10.1. The number of hydrogen-bond acceptors (Lipinski definition) is 8. The number of carbonyl (C=O) groups is 4. The van der Waals surface area contributed by atoms with Gasteiger partial charge in [0.25, 0.3) is 0 Å². The minimum atomic E-state index is -1.53. The zero-order valence-corrected chi connectivity index (χ0v) is 19.3. The normalized spacial score (nSPS) is 11.1. The average molecular weight is 489 g/mol. The molecule has 0 aromatic carbocycles. The van der Waals surface area contributed by atoms with Gasteiger partial charge in [-0.3, -0.25) is 0 Å². The third kappa shape index (κ3) is 29.2. The Bertz CT molecular complexity index is 500. The quantitative estimate of drug-likeness (QED) is 0.272. The van der Waals surface area contributed by atoms with Gasteiger partial charge in [0.05, 0.1) is 23.9 Å². The first-order valence-electron chi connectivity index (χ1n) is 8.12. The van der Waals surface area contributed by atoms with Crippen LogP contribution in [0.3, 0.4) is 0 Å². The van der Waals surface area contributed by atoms with Crippen molar-refractivity contribution in [2.24, 2.45) is 11.8 Å². The second kappa shape index (κ2) is 17.6. The maximum atomic E-state index is 9.76. The Labute approximate surface area is 170 Å². The molecule has 0 saturated heterocycles. The molecule has 0 N–H and O–H groups in total. The Morgan fingerprint density at radius 1 is 0.704 bits per heavy atom. The standard InChI is InChI=1S/2C5H6O4.2C4H9.Sn/c2*1-3(5(8)9)2-4(6)7;2*1-4(2)3;/h2*2H,1H3,(H,6,7)(H,8,9);2*4H,1H2,2-3H3;/q;;;;+4/p-4/b2*3-2-;;;. The first kappa shape index (κ1) is 29.9. The fourth-order valence-corrected chi connectivity index (χ4v) is 4.90. The van der Waals surface area contributed by atoms with Gasteiger partial charge in [-0.1, -0.05) is 0 Å². The number of carbonyl (C=O) groups excluding carboxylic acids is 4. The molecule has 150 valence electrons. The predicted octanol–water partition coefficient (Wildman–Crippen LogP) is -2.30. The Balaban J connectivity index is -0.000000320. The van der Waals surface area contributed by atoms with Gasteiger partial charge >= 0.3 is 69.5 Å². The van der Waals surface area contributed by atoms with E-state index < -0.39 is 23.9 Å². The molecule has 0 fully saturated rings. The third-order valence-electron chi connectivity index (χ3n) is 2.42. The molecule has 0 unspecified atom stereocenters. The van der Waals surface area contributed by atoms with Crippen LogP contribution in [0, 0.1) is 11.8 Å². The number of hydrogen-bond donors (Lipinski definition) is 0. The van der Waals surface area contributed by atoms with Crippen LogP contribution in [-0.2, 0) is 19.2 Å². The predicted molar refractivity (Wildman–Crippen MR) is 92.6 cm³/mol. The average Bonchev–Trinajstić information content (AvgIpc) is 2.46. The van der Waals surface area contributed by atoms with Gasteiger partial charge in [0, 0.05) is 0 Å². The van der Waals surface area contributed by atoms with E-state index in [1.54, 1.807) is 8.87 Å². The van der Waals surface area contributed by atoms with E-state index in [9.17, 15) is 39.6 Å². The van der Waals surface area contributed by atoms with E-state index in [1.807, 2.05) is 0 Å². The molecule has 27 heavy (non-hydrogen) atoms. The van der Waals surface area contributed by atoms with E-state index in [-0.39, 0.29) is 32.3 Å². The summed E-state index contributed by atoms with van der Waals surface area (Å²) in [5.41, 5.74) is -0.704. The fraction of sp³-hybridized carbons (Fsp3) is 0.556. The molecule has 0 heterocycles. The number of aliphatic carboxylic acids is 4. The summed E-state index contributed by atoms with van der Waals surface area (Å²) in [6.45, 7) is 11.6. The van der Waals surface area contributed by atoms with Crippen LogP contribution in [-0.4, -0.2) is 45.0 Å². The van der Waals surface area contributed by atoms with Gasteiger partial charge in [-0.15, -0.1) is 0 Å². The summed E-state index contributed by atoms with van der Waals surface area (Å²) >= 11 is 0.0709. The van der Waals surface area contributed by atoms with Crippen molar-refractivity contribution >= 4 is 45.0 Å². The van der Waals surface area contributed by atoms with Crippen LogP contribution in [0.25, 0.3) is 0 Å². The SMILES string of the molecule is C/C(=C/C(=O)[O-])C(=O)[O-].C/C(=C/C(=O)[O-])C(=O)[O-].CC(C)[CH2][Sn+4][CH2]C(C)C. The van der Waals surface area contributed by atoms with Crippen LogP contribution in [0.15, 0.2) is 23.3 Å². The summed E-state index contributed by atoms with van der Waals surface area (Å²) in [4.78, 5) is 38.8. The molecular weight excluding hydrogens is 463 g/mol. The van der Waals surface area contributed by atoms with Crippen LogP contribution in [0.1, 0.15) is 41.5 Å². The zero-order valence-electron chi connectivity index (χ0n) is 16.5. The van der Waals surface area contributed by atoms with Crippen LogP contribution in [0.2, 0.25) is 8.87 Å². The molecule has 0 amide bonds. The summed E-state index contributed by atoms with van der Waals surface area (Å²) in [6, 6.07) is 0. The van der Waals surface area contributed by atoms with Crippen molar-refractivity contribution in [1.82, 2.24) is 0 Å². The van der Waals surface area contributed by atoms with Crippen LogP contribution in [0.4, 0.5) is 0 Å². The summed E-state index contributed by atoms with van der Waals surface area (Å²) in [5.74, 6) is -4.13. The van der Waals surface area contributed by atoms with Crippen molar-refractivity contribution < 1.29 is 39.6 Å². The van der Waals surface area contributed by atoms with E-state index in [0.717, 1.165) is 25.7 Å². The van der Waals surface area contributed by atoms with Gasteiger partial charge in [-0.05, 0) is 37.1 Å². The van der Waals surface area contributed by atoms with E-state index in [2.05, 4.69) is 27.7 Å². The van der Waals surface area contributed by atoms with Gasteiger partial charge < -0.3 is 39.6 Å². The molecular formula is C18H26O8Sn. The topological polar surface area (TPSA) is 161 Å². The molecule has 0 atom stereocenters. The van der Waals surface area contributed by atoms with E-state index in [0.29, 0.717) is 12.2 Å². The first-order valence-corrected chi connectivity index (χ1v) is 12.2. The fourth-order valence-electron chi connectivity index (χ4n) is 1.13. The van der Waals surface area contributed by atoms with Crippen molar-refractivity contribution in [3.05, 3.63) is 23.3 Å². The monoisotopic (exact) mass is 490 g/mol. The van der Waals surface area contributed by atoms with Crippen LogP contribution in [0.5, 0.6) is 0 Å². The number of carboxylic acid groups (broad SMARTS) is 4. The van der Waals surface area contributed by atoms with Gasteiger partial charge in [0.2, 0.25) is 0 Å². The third-order valence-corrected chi connectivity index (χ3v) is 8.73. The second-order valence-electron chi connectivity index (χ2n) is 6.31. The van der Waals surface area contributed by atoms with E-state index in [1.165, 1.54) is 0 Å². The molecule has 0 aliphatic rings. The molecule has 0 aliphatic heterocycles. The molecule has 9 heteroatoms. The Morgan fingerprint density at radius 3 is 1.07 bits per heavy atom. The summed E-state index contributed by atoms with van der Waals surface area (Å²) in [7, 11) is 0. The molecule has 6 radical (unpaired) electrons. The van der Waals surface area contributed by atoms with Crippen LogP contribution >= 0.6 is 0 Å². The molecule has 0 saturated carbocycles. The number of rotatable bonds is 8. The summed E-state index contributed by atoms with van der Waals surface area (Å²) in [6.07, 6.45) is 0.935. The van der Waals surface area contributed by atoms with Crippen molar-refractivity contribution in [2.75, 3.05) is 0 Å². The van der Waals surface area contributed by atoms with Crippen molar-refractivity contribution in [3.63, 3.8) is 0 Å². The van der Waals surface area contributed by atoms with E-state index >= 15 is 0 Å². The van der Waals surface area contributed by atoms with Crippen molar-refractivity contribution in [3.8, 4) is 0 Å². The Morgan fingerprint density at radius 2 is 0.963 bits per heavy atom. The summed E-state index contributed by atoms with van der Waals surface area (Å²) < 4.78 is 3.14. The first-order chi connectivity index (χ1) is 12.2. The molecule has 0 aliphatic carbocycles. The van der Waals surface area contributed by atoms with Crippen molar-refractivity contribution in [1.29, 1.82) is 0 Å². The molecule has 0 aromatic heterocycles. The molecule has 0 bridgehead atoms. The van der Waals surface area contributed by atoms with Gasteiger partial charge in [0.1, 0.15) is 0 Å². The molecule has 0 rings (SSSR count). The maximum absolute atomic E-state index is 9.76. The zero-order chi connectivity index (χ0) is 22.2. The Hall–Kier alpha value is -1.84. The Kier molecular flexibility index (Phi) is 19.5. The van der Waals surface area contributed by atoms with Gasteiger partial charge in [0.15, 0.2) is 0 Å². The molecule has 8 nitrogen and oxygen atoms in total. The summed E-state index contributed by atoms with van der Waals surface area (Å²) in [5, 5.41) is 38.8. The number of carboxylic acids is 4. The van der Waals surface area contributed by atoms with Crippen LogP contribution < -0.4 is 20.4 Å². The minimum absolute atomic E-state index is 0.0709. The van der Waals surface area contributed by atoms with Gasteiger partial charge in [-0.2, -0.15) is 0 Å².